The van der Waals surface area contributed by atoms with Crippen LogP contribution in [0.1, 0.15) is 30.8 Å². The Balaban J connectivity index is 2.42. The molecule has 0 amide bonds. The Labute approximate surface area is 102 Å². The summed E-state index contributed by atoms with van der Waals surface area (Å²) < 4.78 is 0. The second kappa shape index (κ2) is 5.04. The van der Waals surface area contributed by atoms with Gasteiger partial charge in [-0.1, -0.05) is 43.7 Å². The minimum Gasteiger partial charge on any atom is -0.230 e. The summed E-state index contributed by atoms with van der Waals surface area (Å²) in [7, 11) is 0. The van der Waals surface area contributed by atoms with E-state index >= 15 is 0 Å². The number of aromatic nitrogens is 3. The van der Waals surface area contributed by atoms with Gasteiger partial charge in [0.1, 0.15) is 0 Å². The Morgan fingerprint density at radius 2 is 1.53 bits per heavy atom. The Morgan fingerprint density at radius 1 is 0.882 bits per heavy atom. The Kier molecular flexibility index (Phi) is 3.47. The first-order valence-electron chi connectivity index (χ1n) is 6.04. The molecule has 3 nitrogen and oxygen atoms in total. The standard InChI is InChI=1S/C14H17N3/c1-4-12-13(5-2)16-17-14(15-12)11-8-6-10(3)7-9-11/h6-9H,4-5H2,1-3H3. The second-order valence-electron chi connectivity index (χ2n) is 4.10. The van der Waals surface area contributed by atoms with Gasteiger partial charge in [0.15, 0.2) is 5.82 Å². The number of nitrogens with zero attached hydrogens (tertiary/aromatic N) is 3. The highest BCUT2D eigenvalue weighted by Crippen LogP contribution is 2.16. The van der Waals surface area contributed by atoms with Gasteiger partial charge in [0.25, 0.3) is 0 Å². The minimum absolute atomic E-state index is 0.721. The molecule has 0 radical (unpaired) electrons. The molecule has 3 heteroatoms. The first-order valence-corrected chi connectivity index (χ1v) is 6.04. The van der Waals surface area contributed by atoms with Crippen LogP contribution in [0.25, 0.3) is 11.4 Å². The van der Waals surface area contributed by atoms with E-state index in [0.717, 1.165) is 35.6 Å². The van der Waals surface area contributed by atoms with Crippen molar-refractivity contribution < 1.29 is 0 Å². The van der Waals surface area contributed by atoms with Crippen molar-refractivity contribution in [1.29, 1.82) is 0 Å². The molecule has 1 aromatic carbocycles. The zero-order valence-corrected chi connectivity index (χ0v) is 10.6. The molecule has 0 aliphatic carbocycles. The van der Waals surface area contributed by atoms with E-state index in [1.807, 2.05) is 12.1 Å². The van der Waals surface area contributed by atoms with Crippen molar-refractivity contribution in [3.05, 3.63) is 41.2 Å². The van der Waals surface area contributed by atoms with Crippen molar-refractivity contribution in [2.75, 3.05) is 0 Å². The molecule has 0 aliphatic rings. The van der Waals surface area contributed by atoms with Gasteiger partial charge in [0, 0.05) is 5.56 Å². The fourth-order valence-electron chi connectivity index (χ4n) is 1.76. The van der Waals surface area contributed by atoms with Crippen LogP contribution in [0.15, 0.2) is 24.3 Å². The lowest BCUT2D eigenvalue weighted by Crippen LogP contribution is -2.04. The van der Waals surface area contributed by atoms with Crippen LogP contribution >= 0.6 is 0 Å². The first-order chi connectivity index (χ1) is 8.24. The molecule has 0 saturated carbocycles. The van der Waals surface area contributed by atoms with Gasteiger partial charge in [-0.25, -0.2) is 4.98 Å². The Bertz CT molecular complexity index is 503. The Morgan fingerprint density at radius 3 is 2.12 bits per heavy atom. The number of aryl methyl sites for hydroxylation is 3. The largest absolute Gasteiger partial charge is 0.230 e. The van der Waals surface area contributed by atoms with Crippen LogP contribution in [0.4, 0.5) is 0 Å². The maximum atomic E-state index is 4.59. The molecular formula is C14H17N3. The van der Waals surface area contributed by atoms with Crippen molar-refractivity contribution >= 4 is 0 Å². The molecule has 88 valence electrons. The van der Waals surface area contributed by atoms with E-state index in [1.165, 1.54) is 5.56 Å². The topological polar surface area (TPSA) is 38.7 Å². The van der Waals surface area contributed by atoms with Crippen molar-refractivity contribution in [2.24, 2.45) is 0 Å². The third-order valence-electron chi connectivity index (χ3n) is 2.82. The lowest BCUT2D eigenvalue weighted by Gasteiger charge is -2.05. The molecule has 2 aromatic rings. The molecule has 0 bridgehead atoms. The molecule has 17 heavy (non-hydrogen) atoms. The fraction of sp³-hybridized carbons (Fsp3) is 0.357. The smallest absolute Gasteiger partial charge is 0.182 e. The first kappa shape index (κ1) is 11.7. The van der Waals surface area contributed by atoms with E-state index in [4.69, 9.17) is 0 Å². The highest BCUT2D eigenvalue weighted by molar-refractivity contribution is 5.54. The lowest BCUT2D eigenvalue weighted by atomic mass is 10.1. The summed E-state index contributed by atoms with van der Waals surface area (Å²) in [5.74, 6) is 0.721. The van der Waals surface area contributed by atoms with Gasteiger partial charge >= 0.3 is 0 Å². The summed E-state index contributed by atoms with van der Waals surface area (Å²) in [4.78, 5) is 4.59. The maximum absolute atomic E-state index is 4.59. The third kappa shape index (κ3) is 2.49. The number of rotatable bonds is 3. The molecular weight excluding hydrogens is 210 g/mol. The zero-order chi connectivity index (χ0) is 12.3. The summed E-state index contributed by atoms with van der Waals surface area (Å²) in [6, 6.07) is 8.21. The van der Waals surface area contributed by atoms with E-state index in [-0.39, 0.29) is 0 Å². The molecule has 0 atom stereocenters. The highest BCUT2D eigenvalue weighted by Gasteiger charge is 2.07. The van der Waals surface area contributed by atoms with Crippen LogP contribution in [-0.4, -0.2) is 15.2 Å². The van der Waals surface area contributed by atoms with Gasteiger partial charge in [-0.05, 0) is 19.8 Å². The van der Waals surface area contributed by atoms with Crippen LogP contribution in [0.3, 0.4) is 0 Å². The lowest BCUT2D eigenvalue weighted by molar-refractivity contribution is 0.828. The summed E-state index contributed by atoms with van der Waals surface area (Å²) in [6.45, 7) is 6.25. The molecule has 0 aliphatic heterocycles. The van der Waals surface area contributed by atoms with Gasteiger partial charge in [0.05, 0.1) is 11.4 Å². The zero-order valence-electron chi connectivity index (χ0n) is 10.6. The molecule has 0 saturated heterocycles. The van der Waals surface area contributed by atoms with Gasteiger partial charge in [0.2, 0.25) is 0 Å². The molecule has 0 spiro atoms. The summed E-state index contributed by atoms with van der Waals surface area (Å²) in [6.07, 6.45) is 1.79. The van der Waals surface area contributed by atoms with Crippen LogP contribution < -0.4 is 0 Å². The Hall–Kier alpha value is -1.77. The van der Waals surface area contributed by atoms with E-state index in [0.29, 0.717) is 0 Å². The average molecular weight is 227 g/mol. The van der Waals surface area contributed by atoms with E-state index in [1.54, 1.807) is 0 Å². The van der Waals surface area contributed by atoms with Gasteiger partial charge in [-0.3, -0.25) is 0 Å². The van der Waals surface area contributed by atoms with Crippen LogP contribution in [0.2, 0.25) is 0 Å². The quantitative estimate of drug-likeness (QED) is 0.809. The monoisotopic (exact) mass is 227 g/mol. The maximum Gasteiger partial charge on any atom is 0.182 e. The van der Waals surface area contributed by atoms with E-state index < -0.39 is 0 Å². The number of hydrogen-bond acceptors (Lipinski definition) is 3. The van der Waals surface area contributed by atoms with Gasteiger partial charge in [-0.15, -0.1) is 5.10 Å². The van der Waals surface area contributed by atoms with E-state index in [9.17, 15) is 0 Å². The third-order valence-corrected chi connectivity index (χ3v) is 2.82. The second-order valence-corrected chi connectivity index (χ2v) is 4.10. The number of benzene rings is 1. The van der Waals surface area contributed by atoms with E-state index in [2.05, 4.69) is 48.1 Å². The summed E-state index contributed by atoms with van der Waals surface area (Å²) >= 11 is 0. The fourth-order valence-corrected chi connectivity index (χ4v) is 1.76. The predicted molar refractivity (Wildman–Crippen MR) is 68.8 cm³/mol. The van der Waals surface area contributed by atoms with Gasteiger partial charge in [-0.2, -0.15) is 5.10 Å². The normalized spacial score (nSPS) is 10.5. The molecule has 0 fully saturated rings. The predicted octanol–water partition coefficient (Wildman–Crippen LogP) is 2.97. The summed E-state index contributed by atoms with van der Waals surface area (Å²) in [5.41, 5.74) is 4.32. The molecule has 0 unspecified atom stereocenters. The van der Waals surface area contributed by atoms with Crippen molar-refractivity contribution in [3.8, 4) is 11.4 Å². The average Bonchev–Trinajstić information content (AvgIpc) is 2.39. The van der Waals surface area contributed by atoms with Crippen molar-refractivity contribution in [2.45, 2.75) is 33.6 Å². The molecule has 2 rings (SSSR count). The highest BCUT2D eigenvalue weighted by atomic mass is 15.2. The van der Waals surface area contributed by atoms with Crippen LogP contribution in [0.5, 0.6) is 0 Å². The molecule has 1 heterocycles. The summed E-state index contributed by atoms with van der Waals surface area (Å²) in [5, 5.41) is 8.45. The minimum atomic E-state index is 0.721. The van der Waals surface area contributed by atoms with Crippen molar-refractivity contribution in [1.82, 2.24) is 15.2 Å². The van der Waals surface area contributed by atoms with Crippen LogP contribution in [0, 0.1) is 6.92 Å². The SMILES string of the molecule is CCc1nnc(-c2ccc(C)cc2)nc1CC. The molecule has 1 aromatic heterocycles. The number of hydrogen-bond donors (Lipinski definition) is 0. The molecule has 0 N–H and O–H groups in total. The van der Waals surface area contributed by atoms with Gasteiger partial charge < -0.3 is 0 Å². The van der Waals surface area contributed by atoms with Crippen LogP contribution in [-0.2, 0) is 12.8 Å². The van der Waals surface area contributed by atoms with Crippen molar-refractivity contribution in [3.63, 3.8) is 0 Å².